The number of hydrazine groups is 1. The van der Waals surface area contributed by atoms with E-state index in [0.29, 0.717) is 15.9 Å². The molecule has 0 aliphatic carbocycles. The molecule has 98 valence electrons. The summed E-state index contributed by atoms with van der Waals surface area (Å²) in [6.45, 7) is 0. The number of aromatic nitrogens is 2. The molecule has 2 rings (SSSR count). The van der Waals surface area contributed by atoms with Gasteiger partial charge in [-0.1, -0.05) is 0 Å². The Balaban J connectivity index is 2.24. The minimum atomic E-state index is -0.350. The van der Waals surface area contributed by atoms with Crippen LogP contribution in [0.2, 0.25) is 0 Å². The van der Waals surface area contributed by atoms with E-state index in [4.69, 9.17) is 5.84 Å². The maximum absolute atomic E-state index is 12.1. The molecule has 19 heavy (non-hydrogen) atoms. The molecule has 0 aliphatic rings. The molecule has 0 unspecified atom stereocenters. The minimum Gasteiger partial charge on any atom is -0.308 e. The molecule has 0 aromatic carbocycles. The van der Waals surface area contributed by atoms with Crippen LogP contribution in [0.4, 0.5) is 11.6 Å². The molecule has 0 spiro atoms. The van der Waals surface area contributed by atoms with Gasteiger partial charge in [0, 0.05) is 21.3 Å². The lowest BCUT2D eigenvalue weighted by Gasteiger charge is -2.08. The van der Waals surface area contributed by atoms with Crippen LogP contribution < -0.4 is 16.6 Å². The Morgan fingerprint density at radius 1 is 1.16 bits per heavy atom. The average molecular weight is 387 g/mol. The van der Waals surface area contributed by atoms with E-state index >= 15 is 0 Å². The van der Waals surface area contributed by atoms with E-state index < -0.39 is 0 Å². The summed E-state index contributed by atoms with van der Waals surface area (Å²) < 4.78 is 1.51. The van der Waals surface area contributed by atoms with Crippen LogP contribution >= 0.6 is 31.9 Å². The molecular formula is C11H9Br2N5O. The van der Waals surface area contributed by atoms with Crippen molar-refractivity contribution in [1.29, 1.82) is 0 Å². The molecule has 0 atom stereocenters. The Kier molecular flexibility index (Phi) is 4.46. The predicted octanol–water partition coefficient (Wildman–Crippen LogP) is 2.54. The molecule has 0 saturated heterocycles. The Hall–Kier alpha value is -1.51. The maximum Gasteiger partial charge on any atom is 0.260 e. The fourth-order valence-electron chi connectivity index (χ4n) is 1.36. The van der Waals surface area contributed by atoms with Crippen molar-refractivity contribution in [2.24, 2.45) is 5.84 Å². The summed E-state index contributed by atoms with van der Waals surface area (Å²) in [5.74, 6) is 5.70. The van der Waals surface area contributed by atoms with E-state index in [0.717, 1.165) is 4.47 Å². The van der Waals surface area contributed by atoms with Gasteiger partial charge in [-0.05, 0) is 50.1 Å². The van der Waals surface area contributed by atoms with Crippen molar-refractivity contribution in [2.75, 3.05) is 10.7 Å². The van der Waals surface area contributed by atoms with Crippen LogP contribution in [0.1, 0.15) is 10.4 Å². The largest absolute Gasteiger partial charge is 0.308 e. The number of amides is 1. The monoisotopic (exact) mass is 385 g/mol. The number of hydrogen-bond acceptors (Lipinski definition) is 5. The number of halogens is 2. The van der Waals surface area contributed by atoms with E-state index in [2.05, 4.69) is 52.6 Å². The highest BCUT2D eigenvalue weighted by Gasteiger charge is 2.13. The second-order valence-electron chi connectivity index (χ2n) is 3.51. The van der Waals surface area contributed by atoms with Crippen molar-refractivity contribution in [3.63, 3.8) is 0 Å². The van der Waals surface area contributed by atoms with Gasteiger partial charge in [-0.25, -0.2) is 15.8 Å². The number of anilines is 2. The highest BCUT2D eigenvalue weighted by atomic mass is 79.9. The Labute approximate surface area is 126 Å². The number of carbonyl (C=O) groups is 1. The number of nitrogens with one attached hydrogen (secondary N) is 2. The van der Waals surface area contributed by atoms with Crippen LogP contribution in [-0.4, -0.2) is 15.9 Å². The summed E-state index contributed by atoms with van der Waals surface area (Å²) >= 11 is 6.53. The molecule has 0 aliphatic heterocycles. The summed E-state index contributed by atoms with van der Waals surface area (Å²) in [5, 5.41) is 2.66. The first-order valence-corrected chi connectivity index (χ1v) is 6.74. The zero-order valence-electron chi connectivity index (χ0n) is 9.52. The quantitative estimate of drug-likeness (QED) is 0.556. The topological polar surface area (TPSA) is 92.9 Å². The fraction of sp³-hybridized carbons (Fsp3) is 0. The second-order valence-corrected chi connectivity index (χ2v) is 5.34. The number of hydrogen-bond donors (Lipinski definition) is 3. The van der Waals surface area contributed by atoms with Crippen molar-refractivity contribution in [1.82, 2.24) is 9.97 Å². The number of nitrogen functional groups attached to an aromatic ring is 1. The zero-order valence-corrected chi connectivity index (χ0v) is 12.7. The van der Waals surface area contributed by atoms with Crippen LogP contribution in [0.15, 0.2) is 39.5 Å². The van der Waals surface area contributed by atoms with Gasteiger partial charge in [-0.2, -0.15) is 0 Å². The first-order valence-electron chi connectivity index (χ1n) is 5.15. The minimum absolute atomic E-state index is 0.290. The summed E-state index contributed by atoms with van der Waals surface area (Å²) in [5.41, 5.74) is 2.70. The van der Waals surface area contributed by atoms with E-state index in [-0.39, 0.29) is 11.7 Å². The molecule has 2 aromatic heterocycles. The summed E-state index contributed by atoms with van der Waals surface area (Å²) in [4.78, 5) is 20.2. The first kappa shape index (κ1) is 13.9. The lowest BCUT2D eigenvalue weighted by atomic mass is 10.2. The molecule has 2 aromatic rings. The van der Waals surface area contributed by atoms with Crippen molar-refractivity contribution in [3.8, 4) is 0 Å². The smallest absolute Gasteiger partial charge is 0.260 e. The number of nitrogens with two attached hydrogens (primary N) is 1. The number of rotatable bonds is 3. The number of pyridine rings is 2. The molecule has 0 radical (unpaired) electrons. The average Bonchev–Trinajstić information content (AvgIpc) is 2.41. The Morgan fingerprint density at radius 3 is 2.53 bits per heavy atom. The molecular weight excluding hydrogens is 378 g/mol. The van der Waals surface area contributed by atoms with E-state index in [1.54, 1.807) is 30.6 Å². The molecule has 6 nitrogen and oxygen atoms in total. The van der Waals surface area contributed by atoms with Gasteiger partial charge in [-0.15, -0.1) is 0 Å². The third kappa shape index (κ3) is 3.49. The van der Waals surface area contributed by atoms with E-state index in [9.17, 15) is 4.79 Å². The second kappa shape index (κ2) is 6.09. The van der Waals surface area contributed by atoms with Gasteiger partial charge in [0.1, 0.15) is 5.82 Å². The van der Waals surface area contributed by atoms with E-state index in [1.165, 1.54) is 0 Å². The summed E-state index contributed by atoms with van der Waals surface area (Å²) in [7, 11) is 0. The summed E-state index contributed by atoms with van der Waals surface area (Å²) in [6.07, 6.45) is 3.14. The van der Waals surface area contributed by atoms with Gasteiger partial charge in [0.2, 0.25) is 0 Å². The van der Waals surface area contributed by atoms with Crippen LogP contribution in [0.3, 0.4) is 0 Å². The lowest BCUT2D eigenvalue weighted by molar-refractivity contribution is 0.102. The van der Waals surface area contributed by atoms with E-state index in [1.807, 2.05) is 0 Å². The molecule has 8 heteroatoms. The van der Waals surface area contributed by atoms with Gasteiger partial charge in [0.25, 0.3) is 5.91 Å². The van der Waals surface area contributed by atoms with Crippen LogP contribution in [0.5, 0.6) is 0 Å². The number of nitrogens with zero attached hydrogens (tertiary/aromatic N) is 2. The fourth-order valence-corrected chi connectivity index (χ4v) is 1.93. The SMILES string of the molecule is NNc1ncc(Br)cc1C(=O)Nc1ccc(Br)cn1. The molecule has 1 amide bonds. The molecule has 2 heterocycles. The van der Waals surface area contributed by atoms with Gasteiger partial charge in [0.15, 0.2) is 5.82 Å². The Bertz CT molecular complexity index is 603. The third-order valence-corrected chi connectivity index (χ3v) is 3.11. The normalized spacial score (nSPS) is 10.1. The lowest BCUT2D eigenvalue weighted by Crippen LogP contribution is -2.18. The highest BCUT2D eigenvalue weighted by molar-refractivity contribution is 9.10. The highest BCUT2D eigenvalue weighted by Crippen LogP contribution is 2.19. The number of carbonyl (C=O) groups excluding carboxylic acids is 1. The predicted molar refractivity (Wildman–Crippen MR) is 79.6 cm³/mol. The molecule has 0 fully saturated rings. The van der Waals surface area contributed by atoms with Gasteiger partial charge in [0.05, 0.1) is 5.56 Å². The zero-order chi connectivity index (χ0) is 13.8. The summed E-state index contributed by atoms with van der Waals surface area (Å²) in [6, 6.07) is 5.09. The first-order chi connectivity index (χ1) is 9.10. The van der Waals surface area contributed by atoms with Crippen LogP contribution in [-0.2, 0) is 0 Å². The van der Waals surface area contributed by atoms with Gasteiger partial charge >= 0.3 is 0 Å². The molecule has 0 bridgehead atoms. The molecule has 0 saturated carbocycles. The van der Waals surface area contributed by atoms with Crippen LogP contribution in [0.25, 0.3) is 0 Å². The molecule has 4 N–H and O–H groups in total. The van der Waals surface area contributed by atoms with Crippen molar-refractivity contribution < 1.29 is 4.79 Å². The van der Waals surface area contributed by atoms with Gasteiger partial charge in [-0.3, -0.25) is 4.79 Å². The maximum atomic E-state index is 12.1. The third-order valence-electron chi connectivity index (χ3n) is 2.20. The van der Waals surface area contributed by atoms with Crippen LogP contribution in [0, 0.1) is 0 Å². The van der Waals surface area contributed by atoms with Crippen molar-refractivity contribution >= 4 is 49.4 Å². The Morgan fingerprint density at radius 2 is 1.89 bits per heavy atom. The van der Waals surface area contributed by atoms with Crippen molar-refractivity contribution in [3.05, 3.63) is 45.1 Å². The standard InChI is InChI=1S/C11H9Br2N5O/c12-6-1-2-9(15-4-6)17-11(19)8-3-7(13)5-16-10(8)18-14/h1-5H,14H2,(H,16,18)(H,15,17,19). The van der Waals surface area contributed by atoms with Gasteiger partial charge < -0.3 is 10.7 Å². The van der Waals surface area contributed by atoms with Crippen molar-refractivity contribution in [2.45, 2.75) is 0 Å².